The van der Waals surface area contributed by atoms with E-state index in [0.717, 1.165) is 31.6 Å². The Morgan fingerprint density at radius 2 is 2.25 bits per heavy atom. The Morgan fingerprint density at radius 3 is 3.06 bits per heavy atom. The highest BCUT2D eigenvalue weighted by Gasteiger charge is 2.12. The van der Waals surface area contributed by atoms with Crippen LogP contribution in [0.4, 0.5) is 0 Å². The second kappa shape index (κ2) is 5.32. The van der Waals surface area contributed by atoms with Crippen LogP contribution in [0.2, 0.25) is 0 Å². The van der Waals surface area contributed by atoms with E-state index in [2.05, 4.69) is 12.1 Å². The van der Waals surface area contributed by atoms with Crippen LogP contribution in [0.1, 0.15) is 24.0 Å². The fraction of sp³-hybridized carbons (Fsp3) is 0.538. The third-order valence-corrected chi connectivity index (χ3v) is 3.02. The highest BCUT2D eigenvalue weighted by Crippen LogP contribution is 2.26. The number of ether oxygens (including phenoxy) is 1. The monoisotopic (exact) mass is 221 g/mol. The van der Waals surface area contributed by atoms with Crippen molar-refractivity contribution < 1.29 is 9.84 Å². The molecule has 0 amide bonds. The lowest BCUT2D eigenvalue weighted by atomic mass is 10.0. The molecule has 1 aliphatic rings. The van der Waals surface area contributed by atoms with Crippen molar-refractivity contribution in [2.24, 2.45) is 5.73 Å². The lowest BCUT2D eigenvalue weighted by molar-refractivity contribution is 0.157. The number of benzene rings is 1. The molecule has 1 aromatic rings. The molecule has 0 saturated heterocycles. The van der Waals surface area contributed by atoms with Crippen LogP contribution in [0.5, 0.6) is 5.75 Å². The largest absolute Gasteiger partial charge is 0.493 e. The summed E-state index contributed by atoms with van der Waals surface area (Å²) in [6.45, 7) is 1.35. The van der Waals surface area contributed by atoms with Gasteiger partial charge in [-0.2, -0.15) is 0 Å². The molecule has 88 valence electrons. The van der Waals surface area contributed by atoms with Crippen LogP contribution < -0.4 is 10.5 Å². The first-order chi connectivity index (χ1) is 7.79. The summed E-state index contributed by atoms with van der Waals surface area (Å²) < 4.78 is 5.45. The summed E-state index contributed by atoms with van der Waals surface area (Å²) >= 11 is 0. The molecule has 16 heavy (non-hydrogen) atoms. The maximum Gasteiger partial charge on any atom is 0.122 e. The molecule has 2 rings (SSSR count). The number of aliphatic hydroxyl groups excluding tert-OH is 1. The predicted molar refractivity (Wildman–Crippen MR) is 63.6 cm³/mol. The van der Waals surface area contributed by atoms with Crippen LogP contribution in [0.3, 0.4) is 0 Å². The topological polar surface area (TPSA) is 55.5 Å². The lowest BCUT2D eigenvalue weighted by Crippen LogP contribution is -2.14. The van der Waals surface area contributed by atoms with Crippen LogP contribution >= 0.6 is 0 Å². The van der Waals surface area contributed by atoms with Crippen molar-refractivity contribution in [2.75, 3.05) is 13.2 Å². The predicted octanol–water partition coefficient (Wildman–Crippen LogP) is 1.26. The van der Waals surface area contributed by atoms with Crippen LogP contribution in [-0.2, 0) is 12.8 Å². The van der Waals surface area contributed by atoms with Gasteiger partial charge in [0.05, 0.1) is 12.7 Å². The van der Waals surface area contributed by atoms with Crippen molar-refractivity contribution in [1.29, 1.82) is 0 Å². The lowest BCUT2D eigenvalue weighted by Gasteiger charge is -2.09. The van der Waals surface area contributed by atoms with E-state index in [-0.39, 0.29) is 6.10 Å². The first kappa shape index (κ1) is 11.4. The first-order valence-corrected chi connectivity index (χ1v) is 5.92. The minimum Gasteiger partial charge on any atom is -0.493 e. The van der Waals surface area contributed by atoms with Crippen LogP contribution in [0.25, 0.3) is 0 Å². The third-order valence-electron chi connectivity index (χ3n) is 3.02. The zero-order valence-electron chi connectivity index (χ0n) is 9.48. The molecule has 0 spiro atoms. The minimum absolute atomic E-state index is 0.269. The van der Waals surface area contributed by atoms with E-state index in [9.17, 15) is 5.11 Å². The Hall–Kier alpha value is -1.06. The van der Waals surface area contributed by atoms with Gasteiger partial charge in [-0.3, -0.25) is 0 Å². The number of rotatable bonds is 5. The highest BCUT2D eigenvalue weighted by molar-refractivity contribution is 5.39. The minimum atomic E-state index is -0.269. The SMILES string of the molecule is NCCC(O)CCc1ccc2c(c1)CCO2. The van der Waals surface area contributed by atoms with Gasteiger partial charge >= 0.3 is 0 Å². The van der Waals surface area contributed by atoms with Crippen molar-refractivity contribution in [3.05, 3.63) is 29.3 Å². The van der Waals surface area contributed by atoms with Gasteiger partial charge in [0.25, 0.3) is 0 Å². The molecule has 0 radical (unpaired) electrons. The van der Waals surface area contributed by atoms with E-state index < -0.39 is 0 Å². The Kier molecular flexibility index (Phi) is 3.80. The summed E-state index contributed by atoms with van der Waals surface area (Å²) in [7, 11) is 0. The van der Waals surface area contributed by atoms with E-state index in [1.165, 1.54) is 11.1 Å². The molecule has 1 aromatic carbocycles. The van der Waals surface area contributed by atoms with Crippen molar-refractivity contribution in [1.82, 2.24) is 0 Å². The quantitative estimate of drug-likeness (QED) is 0.787. The van der Waals surface area contributed by atoms with Crippen molar-refractivity contribution in [2.45, 2.75) is 31.8 Å². The second-order valence-corrected chi connectivity index (χ2v) is 4.31. The number of hydrogen-bond acceptors (Lipinski definition) is 3. The summed E-state index contributed by atoms with van der Waals surface area (Å²) in [6, 6.07) is 6.31. The molecule has 0 aliphatic carbocycles. The molecule has 3 N–H and O–H groups in total. The summed E-state index contributed by atoms with van der Waals surface area (Å²) in [5.74, 6) is 1.02. The Balaban J connectivity index is 1.90. The first-order valence-electron chi connectivity index (χ1n) is 5.92. The van der Waals surface area contributed by atoms with Gasteiger partial charge in [0, 0.05) is 6.42 Å². The summed E-state index contributed by atoms with van der Waals surface area (Å²) in [4.78, 5) is 0. The molecular weight excluding hydrogens is 202 g/mol. The number of fused-ring (bicyclic) bond motifs is 1. The number of aliphatic hydroxyl groups is 1. The fourth-order valence-electron chi connectivity index (χ4n) is 2.07. The van der Waals surface area contributed by atoms with Gasteiger partial charge < -0.3 is 15.6 Å². The molecule has 0 aromatic heterocycles. The number of aryl methyl sites for hydroxylation is 1. The number of hydrogen-bond donors (Lipinski definition) is 2. The molecule has 0 bridgehead atoms. The van der Waals surface area contributed by atoms with E-state index in [0.29, 0.717) is 13.0 Å². The summed E-state index contributed by atoms with van der Waals surface area (Å²) in [5.41, 5.74) is 7.97. The second-order valence-electron chi connectivity index (χ2n) is 4.31. The zero-order chi connectivity index (χ0) is 11.4. The van der Waals surface area contributed by atoms with Crippen LogP contribution in [-0.4, -0.2) is 24.4 Å². The Morgan fingerprint density at radius 1 is 1.38 bits per heavy atom. The van der Waals surface area contributed by atoms with Crippen molar-refractivity contribution in [3.8, 4) is 5.75 Å². The summed E-state index contributed by atoms with van der Waals surface area (Å²) in [6.07, 6.45) is 3.13. The van der Waals surface area contributed by atoms with Crippen molar-refractivity contribution in [3.63, 3.8) is 0 Å². The van der Waals surface area contributed by atoms with E-state index >= 15 is 0 Å². The average Bonchev–Trinajstić information content (AvgIpc) is 2.74. The molecule has 0 saturated carbocycles. The highest BCUT2D eigenvalue weighted by atomic mass is 16.5. The van der Waals surface area contributed by atoms with Gasteiger partial charge in [-0.25, -0.2) is 0 Å². The van der Waals surface area contributed by atoms with Gasteiger partial charge in [-0.1, -0.05) is 12.1 Å². The van der Waals surface area contributed by atoms with Gasteiger partial charge in [-0.15, -0.1) is 0 Å². The maximum atomic E-state index is 9.60. The molecule has 1 atom stereocenters. The van der Waals surface area contributed by atoms with Gasteiger partial charge in [0.2, 0.25) is 0 Å². The van der Waals surface area contributed by atoms with Gasteiger partial charge in [0.15, 0.2) is 0 Å². The maximum absolute atomic E-state index is 9.60. The molecule has 3 heteroatoms. The smallest absolute Gasteiger partial charge is 0.122 e. The molecule has 1 unspecified atom stereocenters. The zero-order valence-corrected chi connectivity index (χ0v) is 9.48. The van der Waals surface area contributed by atoms with Gasteiger partial charge in [-0.05, 0) is 43.0 Å². The van der Waals surface area contributed by atoms with E-state index in [1.807, 2.05) is 6.07 Å². The van der Waals surface area contributed by atoms with Crippen LogP contribution in [0, 0.1) is 0 Å². The Bertz CT molecular complexity index is 352. The average molecular weight is 221 g/mol. The molecule has 1 aliphatic heterocycles. The molecule has 1 heterocycles. The van der Waals surface area contributed by atoms with E-state index in [4.69, 9.17) is 10.5 Å². The van der Waals surface area contributed by atoms with Crippen molar-refractivity contribution >= 4 is 0 Å². The Labute approximate surface area is 96.2 Å². The standard InChI is InChI=1S/C13H19NO2/c14-7-5-12(15)3-1-10-2-4-13-11(9-10)6-8-16-13/h2,4,9,12,15H,1,3,5-8,14H2. The number of nitrogens with two attached hydrogens (primary N) is 1. The molecule has 0 fully saturated rings. The fourth-order valence-corrected chi connectivity index (χ4v) is 2.07. The normalized spacial score (nSPS) is 15.6. The van der Waals surface area contributed by atoms with Gasteiger partial charge in [0.1, 0.15) is 5.75 Å². The molecule has 3 nitrogen and oxygen atoms in total. The van der Waals surface area contributed by atoms with Crippen LogP contribution in [0.15, 0.2) is 18.2 Å². The third kappa shape index (κ3) is 2.74. The van der Waals surface area contributed by atoms with E-state index in [1.54, 1.807) is 0 Å². The summed E-state index contributed by atoms with van der Waals surface area (Å²) in [5, 5.41) is 9.60. The molecular formula is C13H19NO2.